The molecule has 1 saturated heterocycles. The van der Waals surface area contributed by atoms with Gasteiger partial charge >= 0.3 is 6.09 Å². The van der Waals surface area contributed by atoms with Crippen LogP contribution in [0, 0.1) is 0 Å². The molecule has 3 N–H and O–H groups in total. The lowest BCUT2D eigenvalue weighted by atomic mass is 10.1. The van der Waals surface area contributed by atoms with Gasteiger partial charge in [0.05, 0.1) is 0 Å². The number of aliphatic imine (C=N–C) groups is 1. The summed E-state index contributed by atoms with van der Waals surface area (Å²) >= 11 is 0. The Hall–Kier alpha value is -1.26. The minimum absolute atomic E-state index is 0. The van der Waals surface area contributed by atoms with Gasteiger partial charge < -0.3 is 25.6 Å². The molecule has 0 spiro atoms. The Morgan fingerprint density at radius 1 is 1.23 bits per heavy atom. The number of alkyl carbamates (subject to hydrolysis) is 1. The molecule has 1 rings (SSSR count). The quantitative estimate of drug-likeness (QED) is 0.162. The Balaban J connectivity index is 0.00000841. The van der Waals surface area contributed by atoms with Crippen molar-refractivity contribution in [1.29, 1.82) is 0 Å². The van der Waals surface area contributed by atoms with Gasteiger partial charge in [-0.15, -0.1) is 24.0 Å². The van der Waals surface area contributed by atoms with Gasteiger partial charge in [0.15, 0.2) is 5.96 Å². The highest BCUT2D eigenvalue weighted by Gasteiger charge is 2.19. The van der Waals surface area contributed by atoms with Crippen molar-refractivity contribution in [3.05, 3.63) is 0 Å². The standard InChI is InChI=1S/C21H41N5O3.HI/c1-6-8-11-17(16-24-20(28)29-21(3,4)5)25-19(22-7-2)23-13-10-15-26-14-9-12-18(26)27;/h17H,6-16H2,1-5H3,(H,24,28)(H2,22,23,25);1H. The molecule has 1 fully saturated rings. The van der Waals surface area contributed by atoms with Crippen LogP contribution in [0.25, 0.3) is 0 Å². The Labute approximate surface area is 199 Å². The second-order valence-corrected chi connectivity index (χ2v) is 8.46. The molecule has 30 heavy (non-hydrogen) atoms. The third-order valence-electron chi connectivity index (χ3n) is 4.51. The molecular formula is C21H42IN5O3. The molecule has 1 aliphatic rings. The lowest BCUT2D eigenvalue weighted by Gasteiger charge is -2.24. The first-order valence-electron chi connectivity index (χ1n) is 11.0. The van der Waals surface area contributed by atoms with E-state index in [1.54, 1.807) is 0 Å². The number of unbranched alkanes of at least 4 members (excludes halogenated alkanes) is 1. The van der Waals surface area contributed by atoms with Crippen LogP contribution in [-0.4, -0.2) is 67.2 Å². The van der Waals surface area contributed by atoms with Crippen molar-refractivity contribution >= 4 is 41.9 Å². The van der Waals surface area contributed by atoms with Crippen LogP contribution in [0.4, 0.5) is 4.79 Å². The van der Waals surface area contributed by atoms with Crippen LogP contribution in [0.5, 0.6) is 0 Å². The summed E-state index contributed by atoms with van der Waals surface area (Å²) in [5.74, 6) is 0.999. The SMILES string of the molecule is CCCCC(CNC(=O)OC(C)(C)C)NC(=NCCCN1CCCC1=O)NCC.I. The maximum atomic E-state index is 12.0. The summed E-state index contributed by atoms with van der Waals surface area (Å²) in [5, 5.41) is 9.55. The number of rotatable bonds is 11. The number of carbonyl (C=O) groups excluding carboxylic acids is 2. The van der Waals surface area contributed by atoms with Crippen molar-refractivity contribution in [3.63, 3.8) is 0 Å². The van der Waals surface area contributed by atoms with Crippen LogP contribution in [0.2, 0.25) is 0 Å². The van der Waals surface area contributed by atoms with Crippen LogP contribution >= 0.6 is 24.0 Å². The summed E-state index contributed by atoms with van der Waals surface area (Å²) in [6.07, 6.45) is 5.16. The van der Waals surface area contributed by atoms with E-state index < -0.39 is 11.7 Å². The van der Waals surface area contributed by atoms with Crippen LogP contribution < -0.4 is 16.0 Å². The van der Waals surface area contributed by atoms with Crippen molar-refractivity contribution in [2.45, 2.75) is 84.8 Å². The van der Waals surface area contributed by atoms with Gasteiger partial charge in [-0.2, -0.15) is 0 Å². The van der Waals surface area contributed by atoms with Crippen LogP contribution in [0.3, 0.4) is 0 Å². The summed E-state index contributed by atoms with van der Waals surface area (Å²) < 4.78 is 5.33. The van der Waals surface area contributed by atoms with E-state index in [4.69, 9.17) is 4.74 Å². The third kappa shape index (κ3) is 13.1. The number of nitrogens with one attached hydrogen (secondary N) is 3. The highest BCUT2D eigenvalue weighted by molar-refractivity contribution is 14.0. The first kappa shape index (κ1) is 28.7. The van der Waals surface area contributed by atoms with Gasteiger partial charge in [-0.05, 0) is 47.0 Å². The molecule has 0 aromatic carbocycles. The van der Waals surface area contributed by atoms with Crippen molar-refractivity contribution in [3.8, 4) is 0 Å². The zero-order chi connectivity index (χ0) is 21.7. The van der Waals surface area contributed by atoms with Gasteiger partial charge in [-0.1, -0.05) is 19.8 Å². The van der Waals surface area contributed by atoms with E-state index in [9.17, 15) is 9.59 Å². The second-order valence-electron chi connectivity index (χ2n) is 8.46. The number of carbonyl (C=O) groups is 2. The van der Waals surface area contributed by atoms with Crippen molar-refractivity contribution < 1.29 is 14.3 Å². The van der Waals surface area contributed by atoms with E-state index in [1.807, 2.05) is 32.6 Å². The minimum atomic E-state index is -0.510. The number of likely N-dealkylation sites (tertiary alicyclic amines) is 1. The average Bonchev–Trinajstić information content (AvgIpc) is 3.04. The molecule has 9 heteroatoms. The zero-order valence-corrected chi connectivity index (χ0v) is 21.7. The molecule has 8 nitrogen and oxygen atoms in total. The molecule has 0 bridgehead atoms. The van der Waals surface area contributed by atoms with Crippen LogP contribution in [0.15, 0.2) is 4.99 Å². The predicted octanol–water partition coefficient (Wildman–Crippen LogP) is 3.26. The predicted molar refractivity (Wildman–Crippen MR) is 133 cm³/mol. The molecule has 0 aromatic heterocycles. The van der Waals surface area contributed by atoms with E-state index in [0.29, 0.717) is 19.5 Å². The fourth-order valence-corrected chi connectivity index (χ4v) is 3.10. The zero-order valence-electron chi connectivity index (χ0n) is 19.4. The van der Waals surface area contributed by atoms with Gasteiger partial charge in [-0.25, -0.2) is 4.79 Å². The Bertz CT molecular complexity index is 537. The molecule has 0 radical (unpaired) electrons. The summed E-state index contributed by atoms with van der Waals surface area (Å²) in [6.45, 7) is 13.3. The van der Waals surface area contributed by atoms with Gasteiger partial charge in [0.25, 0.3) is 0 Å². The maximum absolute atomic E-state index is 12.0. The number of hydrogen-bond donors (Lipinski definition) is 3. The Morgan fingerprint density at radius 2 is 1.97 bits per heavy atom. The fraction of sp³-hybridized carbons (Fsp3) is 0.857. The first-order chi connectivity index (χ1) is 13.7. The largest absolute Gasteiger partial charge is 0.444 e. The average molecular weight is 540 g/mol. The smallest absolute Gasteiger partial charge is 0.407 e. The van der Waals surface area contributed by atoms with E-state index in [1.165, 1.54) is 0 Å². The Morgan fingerprint density at radius 3 is 2.53 bits per heavy atom. The fourth-order valence-electron chi connectivity index (χ4n) is 3.10. The number of nitrogens with zero attached hydrogens (tertiary/aromatic N) is 2. The van der Waals surface area contributed by atoms with Gasteiger partial charge in [-0.3, -0.25) is 9.79 Å². The van der Waals surface area contributed by atoms with Crippen LogP contribution in [0.1, 0.15) is 73.1 Å². The minimum Gasteiger partial charge on any atom is -0.444 e. The lowest BCUT2D eigenvalue weighted by Crippen LogP contribution is -2.49. The van der Waals surface area contributed by atoms with E-state index >= 15 is 0 Å². The maximum Gasteiger partial charge on any atom is 0.407 e. The topological polar surface area (TPSA) is 95.1 Å². The molecule has 1 unspecified atom stereocenters. The lowest BCUT2D eigenvalue weighted by molar-refractivity contribution is -0.127. The van der Waals surface area contributed by atoms with Gasteiger partial charge in [0.2, 0.25) is 5.91 Å². The number of halogens is 1. The van der Waals surface area contributed by atoms with E-state index in [-0.39, 0.29) is 35.9 Å². The molecule has 1 heterocycles. The number of ether oxygens (including phenoxy) is 1. The van der Waals surface area contributed by atoms with E-state index in [0.717, 1.165) is 57.7 Å². The number of hydrogen-bond acceptors (Lipinski definition) is 4. The molecule has 0 aliphatic carbocycles. The van der Waals surface area contributed by atoms with Gasteiger partial charge in [0.1, 0.15) is 5.60 Å². The summed E-state index contributed by atoms with van der Waals surface area (Å²) in [7, 11) is 0. The Kier molecular flexibility index (Phi) is 14.9. The molecular weight excluding hydrogens is 497 g/mol. The van der Waals surface area contributed by atoms with E-state index in [2.05, 4.69) is 27.9 Å². The van der Waals surface area contributed by atoms with Crippen molar-refractivity contribution in [2.75, 3.05) is 32.7 Å². The highest BCUT2D eigenvalue weighted by atomic mass is 127. The molecule has 176 valence electrons. The van der Waals surface area contributed by atoms with Crippen molar-refractivity contribution in [2.24, 2.45) is 4.99 Å². The second kappa shape index (κ2) is 15.5. The monoisotopic (exact) mass is 539 g/mol. The normalized spacial score (nSPS) is 15.4. The molecule has 0 saturated carbocycles. The number of amides is 2. The molecule has 2 amide bonds. The van der Waals surface area contributed by atoms with Crippen molar-refractivity contribution in [1.82, 2.24) is 20.9 Å². The summed E-state index contributed by atoms with van der Waals surface area (Å²) in [4.78, 5) is 30.2. The summed E-state index contributed by atoms with van der Waals surface area (Å²) in [6, 6.07) is 0.0698. The molecule has 1 atom stereocenters. The first-order valence-corrected chi connectivity index (χ1v) is 11.0. The van der Waals surface area contributed by atoms with Crippen LogP contribution in [-0.2, 0) is 9.53 Å². The summed E-state index contributed by atoms with van der Waals surface area (Å²) in [5.41, 5.74) is -0.510. The highest BCUT2D eigenvalue weighted by Crippen LogP contribution is 2.09. The molecule has 0 aromatic rings. The molecule has 1 aliphatic heterocycles. The number of guanidine groups is 1. The van der Waals surface area contributed by atoms with Gasteiger partial charge in [0, 0.05) is 45.2 Å². The third-order valence-corrected chi connectivity index (χ3v) is 4.51.